The van der Waals surface area contributed by atoms with E-state index in [1.807, 2.05) is 0 Å². The number of carbonyl (C=O) groups excluding carboxylic acids is 2. The van der Waals surface area contributed by atoms with Gasteiger partial charge in [-0.05, 0) is 38.1 Å². The third-order valence-electron chi connectivity index (χ3n) is 3.32. The van der Waals surface area contributed by atoms with E-state index >= 15 is 0 Å². The Morgan fingerprint density at radius 1 is 1.33 bits per heavy atom. The molecule has 7 heteroatoms. The maximum Gasteiger partial charge on any atom is 0.341 e. The quantitative estimate of drug-likeness (QED) is 0.768. The van der Waals surface area contributed by atoms with Gasteiger partial charge in [0.15, 0.2) is 0 Å². The molecule has 0 atom stereocenters. The molecule has 0 fully saturated rings. The molecule has 2 rings (SSSR count). The Bertz CT molecular complexity index is 766. The highest BCUT2D eigenvalue weighted by Gasteiger charge is 2.16. The first-order valence-electron chi connectivity index (χ1n) is 7.37. The molecule has 0 bridgehead atoms. The SMILES string of the molecule is C=C(Br)CNC(=O)c1ccc(-n2ncc(C(=O)OCC)c2C)cc1. The van der Waals surface area contributed by atoms with Crippen LogP contribution >= 0.6 is 15.9 Å². The molecule has 0 saturated heterocycles. The molecule has 0 aliphatic carbocycles. The van der Waals surface area contributed by atoms with Crippen LogP contribution in [0, 0.1) is 6.92 Å². The minimum Gasteiger partial charge on any atom is -0.462 e. The lowest BCUT2D eigenvalue weighted by atomic mass is 10.2. The van der Waals surface area contributed by atoms with Crippen LogP contribution in [-0.4, -0.2) is 34.8 Å². The Balaban J connectivity index is 2.18. The number of esters is 1. The smallest absolute Gasteiger partial charge is 0.341 e. The predicted octanol–water partition coefficient (Wildman–Crippen LogP) is 3.00. The molecule has 0 spiro atoms. The number of hydrogen-bond donors (Lipinski definition) is 1. The van der Waals surface area contributed by atoms with Crippen molar-refractivity contribution < 1.29 is 14.3 Å². The van der Waals surface area contributed by atoms with Crippen molar-refractivity contribution in [1.82, 2.24) is 15.1 Å². The summed E-state index contributed by atoms with van der Waals surface area (Å²) < 4.78 is 7.33. The van der Waals surface area contributed by atoms with Gasteiger partial charge in [-0.3, -0.25) is 4.79 Å². The summed E-state index contributed by atoms with van der Waals surface area (Å²) in [5.41, 5.74) is 2.39. The minimum atomic E-state index is -0.396. The molecule has 1 amide bonds. The second-order valence-electron chi connectivity index (χ2n) is 5.02. The fourth-order valence-electron chi connectivity index (χ4n) is 2.11. The number of nitrogens with one attached hydrogen (secondary N) is 1. The lowest BCUT2D eigenvalue weighted by molar-refractivity contribution is 0.0525. The molecule has 0 saturated carbocycles. The maximum absolute atomic E-state index is 12.0. The topological polar surface area (TPSA) is 73.2 Å². The summed E-state index contributed by atoms with van der Waals surface area (Å²) in [6, 6.07) is 6.94. The molecule has 1 heterocycles. The average molecular weight is 392 g/mol. The van der Waals surface area contributed by atoms with Gasteiger partial charge in [0.05, 0.1) is 24.2 Å². The van der Waals surface area contributed by atoms with Crippen molar-refractivity contribution in [1.29, 1.82) is 0 Å². The Morgan fingerprint density at radius 2 is 2.00 bits per heavy atom. The summed E-state index contributed by atoms with van der Waals surface area (Å²) in [7, 11) is 0. The van der Waals surface area contributed by atoms with Gasteiger partial charge in [0.2, 0.25) is 0 Å². The summed E-state index contributed by atoms with van der Waals surface area (Å²) in [4.78, 5) is 23.8. The van der Waals surface area contributed by atoms with Gasteiger partial charge in [-0.2, -0.15) is 5.10 Å². The number of ether oxygens (including phenoxy) is 1. The van der Waals surface area contributed by atoms with Crippen molar-refractivity contribution in [3.63, 3.8) is 0 Å². The summed E-state index contributed by atoms with van der Waals surface area (Å²) in [6.07, 6.45) is 1.48. The Kier molecular flexibility index (Phi) is 5.92. The third kappa shape index (κ3) is 4.11. The lowest BCUT2D eigenvalue weighted by Gasteiger charge is -2.08. The van der Waals surface area contributed by atoms with Crippen LogP contribution in [0.1, 0.15) is 33.3 Å². The zero-order valence-corrected chi connectivity index (χ0v) is 15.1. The monoisotopic (exact) mass is 391 g/mol. The second-order valence-corrected chi connectivity index (χ2v) is 6.14. The zero-order valence-electron chi connectivity index (χ0n) is 13.5. The van der Waals surface area contributed by atoms with E-state index in [0.717, 1.165) is 5.69 Å². The third-order valence-corrected chi connectivity index (χ3v) is 3.60. The number of rotatable bonds is 6. The number of nitrogens with zero attached hydrogens (tertiary/aromatic N) is 2. The first kappa shape index (κ1) is 17.9. The van der Waals surface area contributed by atoms with Gasteiger partial charge >= 0.3 is 5.97 Å². The van der Waals surface area contributed by atoms with Crippen LogP contribution in [0.2, 0.25) is 0 Å². The average Bonchev–Trinajstić information content (AvgIpc) is 2.94. The molecule has 2 aromatic rings. The summed E-state index contributed by atoms with van der Waals surface area (Å²) in [5, 5.41) is 6.95. The molecule has 0 radical (unpaired) electrons. The van der Waals surface area contributed by atoms with Gasteiger partial charge in [0.25, 0.3) is 5.91 Å². The van der Waals surface area contributed by atoms with Gasteiger partial charge in [-0.25, -0.2) is 9.48 Å². The van der Waals surface area contributed by atoms with Crippen LogP contribution < -0.4 is 5.32 Å². The van der Waals surface area contributed by atoms with Gasteiger partial charge < -0.3 is 10.1 Å². The van der Waals surface area contributed by atoms with E-state index in [4.69, 9.17) is 4.74 Å². The number of aromatic nitrogens is 2. The standard InChI is InChI=1S/C17H18BrN3O3/c1-4-24-17(23)15-10-20-21(12(15)3)14-7-5-13(6-8-14)16(22)19-9-11(2)18/h5-8,10H,2,4,9H2,1,3H3,(H,19,22). The maximum atomic E-state index is 12.0. The molecule has 0 unspecified atom stereocenters. The second kappa shape index (κ2) is 7.92. The van der Waals surface area contributed by atoms with Gasteiger partial charge in [0, 0.05) is 16.6 Å². The van der Waals surface area contributed by atoms with Gasteiger partial charge in [0.1, 0.15) is 5.56 Å². The highest BCUT2D eigenvalue weighted by Crippen LogP contribution is 2.16. The molecule has 126 valence electrons. The van der Waals surface area contributed by atoms with Crippen LogP contribution in [0.25, 0.3) is 5.69 Å². The molecule has 24 heavy (non-hydrogen) atoms. The van der Waals surface area contributed by atoms with Crippen LogP contribution in [0.15, 0.2) is 41.5 Å². The van der Waals surface area contributed by atoms with Crippen LogP contribution in [-0.2, 0) is 4.74 Å². The summed E-state index contributed by atoms with van der Waals surface area (Å²) in [5.74, 6) is -0.584. The van der Waals surface area contributed by atoms with Gasteiger partial charge in [-0.15, -0.1) is 0 Å². The number of carbonyl (C=O) groups is 2. The number of amides is 1. The molecule has 1 aromatic heterocycles. The van der Waals surface area contributed by atoms with Crippen molar-refractivity contribution in [3.8, 4) is 5.69 Å². The first-order valence-corrected chi connectivity index (χ1v) is 8.17. The van der Waals surface area contributed by atoms with Crippen LogP contribution in [0.5, 0.6) is 0 Å². The van der Waals surface area contributed by atoms with Crippen molar-refractivity contribution in [2.45, 2.75) is 13.8 Å². The van der Waals surface area contributed by atoms with Gasteiger partial charge in [-0.1, -0.05) is 22.5 Å². The van der Waals surface area contributed by atoms with Crippen molar-refractivity contribution >= 4 is 27.8 Å². The largest absolute Gasteiger partial charge is 0.462 e. The van der Waals surface area contributed by atoms with E-state index in [0.29, 0.717) is 34.5 Å². The minimum absolute atomic E-state index is 0.188. The van der Waals surface area contributed by atoms with E-state index in [2.05, 4.69) is 32.9 Å². The molecule has 0 aliphatic heterocycles. The summed E-state index contributed by atoms with van der Waals surface area (Å²) in [6.45, 7) is 7.89. The van der Waals surface area contributed by atoms with E-state index in [1.165, 1.54) is 6.20 Å². The lowest BCUT2D eigenvalue weighted by Crippen LogP contribution is -2.24. The Hall–Kier alpha value is -2.41. The van der Waals surface area contributed by atoms with E-state index in [1.54, 1.807) is 42.8 Å². The molecular weight excluding hydrogens is 374 g/mol. The normalized spacial score (nSPS) is 10.3. The zero-order chi connectivity index (χ0) is 17.7. The van der Waals surface area contributed by atoms with E-state index in [-0.39, 0.29) is 5.91 Å². The van der Waals surface area contributed by atoms with Crippen molar-refractivity contribution in [3.05, 3.63) is 58.3 Å². The van der Waals surface area contributed by atoms with E-state index < -0.39 is 5.97 Å². The molecule has 6 nitrogen and oxygen atoms in total. The fourth-order valence-corrected chi connectivity index (χ4v) is 2.25. The van der Waals surface area contributed by atoms with Crippen LogP contribution in [0.4, 0.5) is 0 Å². The van der Waals surface area contributed by atoms with E-state index in [9.17, 15) is 9.59 Å². The summed E-state index contributed by atoms with van der Waals surface area (Å²) >= 11 is 3.19. The number of halogens is 1. The Morgan fingerprint density at radius 3 is 2.58 bits per heavy atom. The Labute approximate surface area is 148 Å². The predicted molar refractivity (Wildman–Crippen MR) is 94.7 cm³/mol. The fraction of sp³-hybridized carbons (Fsp3) is 0.235. The number of hydrogen-bond acceptors (Lipinski definition) is 4. The molecule has 1 aromatic carbocycles. The molecule has 1 N–H and O–H groups in total. The highest BCUT2D eigenvalue weighted by atomic mass is 79.9. The van der Waals surface area contributed by atoms with Crippen molar-refractivity contribution in [2.24, 2.45) is 0 Å². The molecule has 0 aliphatic rings. The number of benzene rings is 1. The highest BCUT2D eigenvalue weighted by molar-refractivity contribution is 9.11. The van der Waals surface area contributed by atoms with Crippen LogP contribution in [0.3, 0.4) is 0 Å². The first-order chi connectivity index (χ1) is 11.4. The van der Waals surface area contributed by atoms with Crippen molar-refractivity contribution in [2.75, 3.05) is 13.2 Å². The molecular formula is C17H18BrN3O3.